The lowest BCUT2D eigenvalue weighted by Crippen LogP contribution is -2.32. The second kappa shape index (κ2) is 8.07. The molecule has 1 aromatic heterocycles. The van der Waals surface area contributed by atoms with Crippen molar-refractivity contribution in [1.29, 1.82) is 10.5 Å². The van der Waals surface area contributed by atoms with Gasteiger partial charge < -0.3 is 10.7 Å². The molecule has 138 valence electrons. The highest BCUT2D eigenvalue weighted by atomic mass is 16.1. The fraction of sp³-hybridized carbons (Fsp3) is 0.381. The van der Waals surface area contributed by atoms with Gasteiger partial charge >= 0.3 is 0 Å². The number of rotatable bonds is 4. The second-order valence-corrected chi connectivity index (χ2v) is 7.12. The van der Waals surface area contributed by atoms with Gasteiger partial charge in [0.25, 0.3) is 5.56 Å². The van der Waals surface area contributed by atoms with E-state index in [9.17, 15) is 15.3 Å². The molecule has 2 aromatic rings. The summed E-state index contributed by atoms with van der Waals surface area (Å²) in [4.78, 5) is 16.8. The molecule has 1 aliphatic carbocycles. The molecule has 0 aliphatic heterocycles. The molecule has 1 saturated carbocycles. The summed E-state index contributed by atoms with van der Waals surface area (Å²) in [5.74, 6) is -0.0161. The average molecular weight is 361 g/mol. The lowest BCUT2D eigenvalue weighted by Gasteiger charge is -2.31. The van der Waals surface area contributed by atoms with Gasteiger partial charge in [0.05, 0.1) is 0 Å². The van der Waals surface area contributed by atoms with E-state index in [1.807, 2.05) is 36.4 Å². The number of nitrogens with one attached hydrogen (secondary N) is 1. The molecule has 0 atom stereocenters. The molecule has 6 heteroatoms. The van der Waals surface area contributed by atoms with Gasteiger partial charge in [0, 0.05) is 18.2 Å². The number of hydrogen-bond acceptors (Lipinski definition) is 5. The van der Waals surface area contributed by atoms with Gasteiger partial charge in [-0.05, 0) is 31.0 Å². The van der Waals surface area contributed by atoms with Crippen molar-refractivity contribution in [2.24, 2.45) is 0 Å². The lowest BCUT2D eigenvalue weighted by atomic mass is 9.93. The van der Waals surface area contributed by atoms with Crippen LogP contribution in [0.2, 0.25) is 0 Å². The molecule has 0 unspecified atom stereocenters. The third kappa shape index (κ3) is 3.86. The number of H-pyrrole nitrogens is 1. The van der Waals surface area contributed by atoms with E-state index >= 15 is 0 Å². The smallest absolute Gasteiger partial charge is 0.268 e. The topological polar surface area (TPSA) is 110 Å². The first kappa shape index (κ1) is 18.7. The number of nitriles is 2. The minimum absolute atomic E-state index is 0.0161. The van der Waals surface area contributed by atoms with Gasteiger partial charge in [0.1, 0.15) is 29.1 Å². The van der Waals surface area contributed by atoms with Crippen LogP contribution in [-0.2, 0) is 6.54 Å². The molecule has 1 aliphatic rings. The lowest BCUT2D eigenvalue weighted by molar-refractivity contribution is 0.184. The quantitative estimate of drug-likeness (QED) is 0.869. The fourth-order valence-corrected chi connectivity index (χ4v) is 3.85. The molecule has 3 rings (SSSR count). The van der Waals surface area contributed by atoms with Crippen LogP contribution in [0.1, 0.15) is 48.8 Å². The molecular formula is C21H23N5O. The summed E-state index contributed by atoms with van der Waals surface area (Å²) in [6.45, 7) is 0.846. The first-order valence-corrected chi connectivity index (χ1v) is 9.20. The summed E-state index contributed by atoms with van der Waals surface area (Å²) in [6, 6.07) is 12.2. The Labute approximate surface area is 158 Å². The number of pyridine rings is 1. The summed E-state index contributed by atoms with van der Waals surface area (Å²) < 4.78 is 0. The van der Waals surface area contributed by atoms with Crippen LogP contribution in [0.3, 0.4) is 0 Å². The Balaban J connectivity index is 1.89. The van der Waals surface area contributed by atoms with Gasteiger partial charge in [-0.15, -0.1) is 0 Å². The first-order chi connectivity index (χ1) is 13.0. The molecule has 0 bridgehead atoms. The van der Waals surface area contributed by atoms with Crippen LogP contribution in [0.15, 0.2) is 29.1 Å². The van der Waals surface area contributed by atoms with Gasteiger partial charge in [-0.2, -0.15) is 10.5 Å². The van der Waals surface area contributed by atoms with Crippen LogP contribution in [-0.4, -0.2) is 23.0 Å². The molecule has 1 heterocycles. The van der Waals surface area contributed by atoms with E-state index < -0.39 is 5.56 Å². The van der Waals surface area contributed by atoms with Crippen molar-refractivity contribution in [3.63, 3.8) is 0 Å². The number of aromatic nitrogens is 1. The third-order valence-corrected chi connectivity index (χ3v) is 5.34. The monoisotopic (exact) mass is 361 g/mol. The normalized spacial score (nSPS) is 14.7. The van der Waals surface area contributed by atoms with Crippen LogP contribution in [0.5, 0.6) is 0 Å². The van der Waals surface area contributed by atoms with Crippen molar-refractivity contribution in [1.82, 2.24) is 9.88 Å². The largest absolute Gasteiger partial charge is 0.384 e. The maximum atomic E-state index is 12.0. The zero-order valence-electron chi connectivity index (χ0n) is 15.5. The number of benzene rings is 1. The van der Waals surface area contributed by atoms with Crippen molar-refractivity contribution < 1.29 is 0 Å². The predicted molar refractivity (Wildman–Crippen MR) is 105 cm³/mol. The Bertz CT molecular complexity index is 956. The van der Waals surface area contributed by atoms with Crippen LogP contribution in [0, 0.1) is 22.7 Å². The summed E-state index contributed by atoms with van der Waals surface area (Å²) in [5, 5.41) is 18.8. The maximum Gasteiger partial charge on any atom is 0.268 e. The Hall–Kier alpha value is -3.09. The molecular weight excluding hydrogens is 338 g/mol. The molecule has 3 N–H and O–H groups in total. The van der Waals surface area contributed by atoms with Gasteiger partial charge in [-0.1, -0.05) is 43.5 Å². The highest BCUT2D eigenvalue weighted by Gasteiger charge is 2.19. The molecule has 1 fully saturated rings. The number of nitrogens with zero attached hydrogens (tertiary/aromatic N) is 3. The van der Waals surface area contributed by atoms with Crippen LogP contribution >= 0.6 is 0 Å². The van der Waals surface area contributed by atoms with Gasteiger partial charge in [0.15, 0.2) is 0 Å². The maximum absolute atomic E-state index is 12.0. The van der Waals surface area contributed by atoms with E-state index in [2.05, 4.69) is 16.9 Å². The minimum atomic E-state index is -0.579. The van der Waals surface area contributed by atoms with E-state index in [0.717, 1.165) is 12.1 Å². The van der Waals surface area contributed by atoms with Crippen molar-refractivity contribution in [3.8, 4) is 23.3 Å². The highest BCUT2D eigenvalue weighted by molar-refractivity contribution is 5.80. The third-order valence-electron chi connectivity index (χ3n) is 5.34. The summed E-state index contributed by atoms with van der Waals surface area (Å²) in [5.41, 5.74) is 7.33. The molecule has 0 amide bonds. The van der Waals surface area contributed by atoms with E-state index in [4.69, 9.17) is 5.73 Å². The van der Waals surface area contributed by atoms with Crippen molar-refractivity contribution >= 4 is 5.82 Å². The van der Waals surface area contributed by atoms with Crippen molar-refractivity contribution in [2.45, 2.75) is 44.7 Å². The Morgan fingerprint density at radius 1 is 1.11 bits per heavy atom. The number of nitrogens with two attached hydrogens (primary N) is 1. The van der Waals surface area contributed by atoms with E-state index in [0.29, 0.717) is 17.2 Å². The zero-order valence-corrected chi connectivity index (χ0v) is 15.5. The SMILES string of the molecule is CN(Cc1ccc(-c2c(C#N)c(N)[nH]c(=O)c2C#N)cc1)C1CCCCC1. The number of anilines is 1. The van der Waals surface area contributed by atoms with Crippen LogP contribution in [0.25, 0.3) is 11.1 Å². The molecule has 0 radical (unpaired) electrons. The highest BCUT2D eigenvalue weighted by Crippen LogP contribution is 2.29. The van der Waals surface area contributed by atoms with Crippen LogP contribution in [0.4, 0.5) is 5.82 Å². The summed E-state index contributed by atoms with van der Waals surface area (Å²) >= 11 is 0. The molecule has 27 heavy (non-hydrogen) atoms. The average Bonchev–Trinajstić information content (AvgIpc) is 2.69. The Morgan fingerprint density at radius 3 is 2.33 bits per heavy atom. The molecule has 0 saturated heterocycles. The number of hydrogen-bond donors (Lipinski definition) is 2. The Morgan fingerprint density at radius 2 is 1.74 bits per heavy atom. The number of nitrogen functional groups attached to an aromatic ring is 1. The summed E-state index contributed by atoms with van der Waals surface area (Å²) in [7, 11) is 2.16. The molecule has 0 spiro atoms. The first-order valence-electron chi connectivity index (χ1n) is 9.20. The number of aromatic amines is 1. The van der Waals surface area contributed by atoms with Gasteiger partial charge in [-0.25, -0.2) is 0 Å². The molecule has 6 nitrogen and oxygen atoms in total. The minimum Gasteiger partial charge on any atom is -0.384 e. The second-order valence-electron chi connectivity index (χ2n) is 7.12. The predicted octanol–water partition coefficient (Wildman–Crippen LogP) is 3.13. The van der Waals surface area contributed by atoms with Gasteiger partial charge in [-0.3, -0.25) is 9.69 Å². The standard InChI is InChI=1S/C21H23N5O/c1-26(16-5-3-2-4-6-16)13-14-7-9-15(10-8-14)19-17(11-22)20(24)25-21(27)18(19)12-23/h7-10,16H,2-6,13H2,1H3,(H3,24,25,27). The Kier molecular flexibility index (Phi) is 5.59. The van der Waals surface area contributed by atoms with Crippen LogP contribution < -0.4 is 11.3 Å². The summed E-state index contributed by atoms with van der Waals surface area (Å²) in [6.07, 6.45) is 6.42. The molecule has 1 aromatic carbocycles. The van der Waals surface area contributed by atoms with Crippen molar-refractivity contribution in [2.75, 3.05) is 12.8 Å². The van der Waals surface area contributed by atoms with Crippen molar-refractivity contribution in [3.05, 3.63) is 51.3 Å². The van der Waals surface area contributed by atoms with E-state index in [1.165, 1.54) is 32.1 Å². The van der Waals surface area contributed by atoms with Gasteiger partial charge in [0.2, 0.25) is 0 Å². The zero-order chi connectivity index (χ0) is 19.4. The van der Waals surface area contributed by atoms with E-state index in [1.54, 1.807) is 0 Å². The van der Waals surface area contributed by atoms with E-state index in [-0.39, 0.29) is 16.9 Å². The fourth-order valence-electron chi connectivity index (χ4n) is 3.85.